The maximum Gasteiger partial charge on any atom is 0.262 e. The van der Waals surface area contributed by atoms with Crippen LogP contribution in [0.3, 0.4) is 0 Å². The molecule has 2 N–H and O–H groups in total. The summed E-state index contributed by atoms with van der Waals surface area (Å²) in [6, 6.07) is 19.2. The second-order valence-corrected chi connectivity index (χ2v) is 6.28. The number of amides is 1. The molecule has 4 nitrogen and oxygen atoms in total. The number of ether oxygens (including phenoxy) is 1. The largest absolute Gasteiger partial charge is 0.484 e. The average molecular weight is 378 g/mol. The van der Waals surface area contributed by atoms with Crippen LogP contribution in [0.5, 0.6) is 5.75 Å². The summed E-state index contributed by atoms with van der Waals surface area (Å²) in [7, 11) is 0. The van der Waals surface area contributed by atoms with Crippen LogP contribution in [-0.4, -0.2) is 17.5 Å². The van der Waals surface area contributed by atoms with Crippen molar-refractivity contribution in [1.29, 1.82) is 0 Å². The molecule has 4 aromatic rings. The molecule has 28 heavy (non-hydrogen) atoms. The Bertz CT molecular complexity index is 1120. The monoisotopic (exact) mass is 378 g/mol. The van der Waals surface area contributed by atoms with Gasteiger partial charge in [-0.3, -0.25) is 4.79 Å². The third kappa shape index (κ3) is 4.01. The van der Waals surface area contributed by atoms with Crippen molar-refractivity contribution >= 4 is 22.5 Å². The van der Waals surface area contributed by atoms with E-state index in [4.69, 9.17) is 4.74 Å². The number of hydrogen-bond donors (Lipinski definition) is 2. The number of aromatic nitrogens is 1. The predicted molar refractivity (Wildman–Crippen MR) is 104 cm³/mol. The third-order valence-electron chi connectivity index (χ3n) is 4.25. The molecule has 0 radical (unpaired) electrons. The second kappa shape index (κ2) is 7.52. The van der Waals surface area contributed by atoms with Crippen molar-refractivity contribution in [3.05, 3.63) is 84.4 Å². The molecular formula is C22H16F2N2O2. The number of carbonyl (C=O) groups is 1. The zero-order valence-corrected chi connectivity index (χ0v) is 14.7. The average Bonchev–Trinajstić information content (AvgIpc) is 3.11. The third-order valence-corrected chi connectivity index (χ3v) is 4.25. The molecule has 0 aliphatic carbocycles. The lowest BCUT2D eigenvalue weighted by atomic mass is 10.1. The van der Waals surface area contributed by atoms with Gasteiger partial charge in [0.2, 0.25) is 0 Å². The second-order valence-electron chi connectivity index (χ2n) is 6.28. The van der Waals surface area contributed by atoms with E-state index < -0.39 is 0 Å². The van der Waals surface area contributed by atoms with Gasteiger partial charge in [0, 0.05) is 22.3 Å². The molecule has 3 aromatic carbocycles. The fraction of sp³-hybridized carbons (Fsp3) is 0.0455. The van der Waals surface area contributed by atoms with Gasteiger partial charge in [0.1, 0.15) is 17.4 Å². The van der Waals surface area contributed by atoms with Crippen LogP contribution in [0.25, 0.3) is 22.2 Å². The summed E-state index contributed by atoms with van der Waals surface area (Å²) in [4.78, 5) is 15.2. The van der Waals surface area contributed by atoms with Gasteiger partial charge in [-0.15, -0.1) is 0 Å². The van der Waals surface area contributed by atoms with Crippen molar-refractivity contribution in [2.75, 3.05) is 11.9 Å². The van der Waals surface area contributed by atoms with Crippen molar-refractivity contribution in [3.63, 3.8) is 0 Å². The van der Waals surface area contributed by atoms with Crippen LogP contribution in [0.1, 0.15) is 0 Å². The van der Waals surface area contributed by atoms with E-state index in [0.29, 0.717) is 11.4 Å². The molecule has 0 bridgehead atoms. The SMILES string of the molecule is O=C(COc1ccc(F)cc1)Nc1ccc(-c2cc3cc(F)ccc3[nH]2)cc1. The number of H-pyrrole nitrogens is 1. The summed E-state index contributed by atoms with van der Waals surface area (Å²) in [5.41, 5.74) is 3.25. The zero-order valence-electron chi connectivity index (χ0n) is 14.7. The predicted octanol–water partition coefficient (Wildman–Crippen LogP) is 5.13. The molecule has 1 aromatic heterocycles. The molecule has 0 saturated carbocycles. The van der Waals surface area contributed by atoms with Crippen LogP contribution in [0.4, 0.5) is 14.5 Å². The highest BCUT2D eigenvalue weighted by Gasteiger charge is 2.07. The maximum atomic E-state index is 13.3. The Morgan fingerprint density at radius 2 is 1.61 bits per heavy atom. The number of halogens is 2. The van der Waals surface area contributed by atoms with Crippen LogP contribution in [0.15, 0.2) is 72.8 Å². The Kier molecular flexibility index (Phi) is 4.76. The fourth-order valence-electron chi connectivity index (χ4n) is 2.87. The fourth-order valence-corrected chi connectivity index (χ4v) is 2.87. The minimum absolute atomic E-state index is 0.180. The van der Waals surface area contributed by atoms with E-state index in [-0.39, 0.29) is 24.1 Å². The first kappa shape index (κ1) is 17.7. The Morgan fingerprint density at radius 3 is 2.36 bits per heavy atom. The standard InChI is InChI=1S/C22H16F2N2O2/c23-16-3-8-19(9-4-16)28-13-22(27)25-18-6-1-14(2-7-18)21-12-15-11-17(24)5-10-20(15)26-21/h1-12,26H,13H2,(H,25,27). The highest BCUT2D eigenvalue weighted by Crippen LogP contribution is 2.25. The van der Waals surface area contributed by atoms with Gasteiger partial charge >= 0.3 is 0 Å². The van der Waals surface area contributed by atoms with E-state index in [1.807, 2.05) is 18.2 Å². The molecule has 0 atom stereocenters. The number of hydrogen-bond acceptors (Lipinski definition) is 2. The van der Waals surface area contributed by atoms with Crippen molar-refractivity contribution in [3.8, 4) is 17.0 Å². The summed E-state index contributed by atoms with van der Waals surface area (Å²) in [6.07, 6.45) is 0. The van der Waals surface area contributed by atoms with E-state index in [2.05, 4.69) is 10.3 Å². The summed E-state index contributed by atoms with van der Waals surface area (Å²) < 4.78 is 31.5. The van der Waals surface area contributed by atoms with Crippen LogP contribution >= 0.6 is 0 Å². The van der Waals surface area contributed by atoms with Crippen LogP contribution in [0, 0.1) is 11.6 Å². The molecule has 140 valence electrons. The molecule has 6 heteroatoms. The summed E-state index contributed by atoms with van der Waals surface area (Å²) in [5.74, 6) is -0.545. The van der Waals surface area contributed by atoms with E-state index in [1.165, 1.54) is 36.4 Å². The molecular weight excluding hydrogens is 362 g/mol. The summed E-state index contributed by atoms with van der Waals surface area (Å²) in [5, 5.41) is 3.54. The number of benzene rings is 3. The zero-order chi connectivity index (χ0) is 19.5. The summed E-state index contributed by atoms with van der Waals surface area (Å²) >= 11 is 0. The molecule has 4 rings (SSSR count). The van der Waals surface area contributed by atoms with E-state index >= 15 is 0 Å². The van der Waals surface area contributed by atoms with Crippen molar-refractivity contribution in [2.24, 2.45) is 0 Å². The van der Waals surface area contributed by atoms with Gasteiger partial charge in [-0.05, 0) is 66.2 Å². The van der Waals surface area contributed by atoms with E-state index in [1.54, 1.807) is 18.2 Å². The van der Waals surface area contributed by atoms with Gasteiger partial charge in [0.25, 0.3) is 5.91 Å². The lowest BCUT2D eigenvalue weighted by molar-refractivity contribution is -0.118. The Hall–Kier alpha value is -3.67. The molecule has 0 saturated heterocycles. The number of fused-ring (bicyclic) bond motifs is 1. The van der Waals surface area contributed by atoms with Gasteiger partial charge in [-0.25, -0.2) is 8.78 Å². The summed E-state index contributed by atoms with van der Waals surface area (Å²) in [6.45, 7) is -0.180. The van der Waals surface area contributed by atoms with Gasteiger partial charge in [-0.2, -0.15) is 0 Å². The number of anilines is 1. The van der Waals surface area contributed by atoms with Gasteiger partial charge in [0.05, 0.1) is 0 Å². The smallest absolute Gasteiger partial charge is 0.262 e. The number of carbonyl (C=O) groups excluding carboxylic acids is 1. The molecule has 1 heterocycles. The first-order valence-corrected chi connectivity index (χ1v) is 8.64. The van der Waals surface area contributed by atoms with Gasteiger partial charge in [0.15, 0.2) is 6.61 Å². The lowest BCUT2D eigenvalue weighted by Gasteiger charge is -2.08. The van der Waals surface area contributed by atoms with Crippen molar-refractivity contribution in [1.82, 2.24) is 4.98 Å². The first-order chi connectivity index (χ1) is 13.6. The molecule has 0 spiro atoms. The van der Waals surface area contributed by atoms with E-state index in [0.717, 1.165) is 22.2 Å². The maximum absolute atomic E-state index is 13.3. The molecule has 1 amide bonds. The highest BCUT2D eigenvalue weighted by molar-refractivity contribution is 5.92. The molecule has 0 aliphatic rings. The first-order valence-electron chi connectivity index (χ1n) is 8.64. The van der Waals surface area contributed by atoms with Crippen LogP contribution in [-0.2, 0) is 4.79 Å². The quantitative estimate of drug-likeness (QED) is 0.506. The van der Waals surface area contributed by atoms with E-state index in [9.17, 15) is 13.6 Å². The van der Waals surface area contributed by atoms with Crippen LogP contribution < -0.4 is 10.1 Å². The normalized spacial score (nSPS) is 10.8. The van der Waals surface area contributed by atoms with Gasteiger partial charge in [-0.1, -0.05) is 12.1 Å². The Labute approximate surface area is 159 Å². The van der Waals surface area contributed by atoms with Crippen molar-refractivity contribution < 1.29 is 18.3 Å². The lowest BCUT2D eigenvalue weighted by Crippen LogP contribution is -2.20. The molecule has 0 aliphatic heterocycles. The minimum Gasteiger partial charge on any atom is -0.484 e. The van der Waals surface area contributed by atoms with Gasteiger partial charge < -0.3 is 15.0 Å². The number of rotatable bonds is 5. The number of nitrogens with one attached hydrogen (secondary N) is 2. The molecule has 0 unspecified atom stereocenters. The topological polar surface area (TPSA) is 54.1 Å². The number of aromatic amines is 1. The minimum atomic E-state index is -0.364. The van der Waals surface area contributed by atoms with Crippen LogP contribution in [0.2, 0.25) is 0 Å². The Balaban J connectivity index is 1.39. The van der Waals surface area contributed by atoms with Crippen molar-refractivity contribution in [2.45, 2.75) is 0 Å². The highest BCUT2D eigenvalue weighted by atomic mass is 19.1. The Morgan fingerprint density at radius 1 is 0.893 bits per heavy atom. The molecule has 0 fully saturated rings.